The zero-order valence-electron chi connectivity index (χ0n) is 17.6. The number of carbonyl (C=O) groups is 1. The summed E-state index contributed by atoms with van der Waals surface area (Å²) in [4.78, 5) is 25.3. The van der Waals surface area contributed by atoms with Gasteiger partial charge in [0.1, 0.15) is 5.82 Å². The summed E-state index contributed by atoms with van der Waals surface area (Å²) >= 11 is 0. The summed E-state index contributed by atoms with van der Waals surface area (Å²) in [7, 11) is 0. The van der Waals surface area contributed by atoms with E-state index in [-0.39, 0.29) is 11.9 Å². The number of anilines is 2. The number of fused-ring (bicyclic) bond motifs is 1. The van der Waals surface area contributed by atoms with Crippen molar-refractivity contribution in [2.24, 2.45) is 0 Å². The van der Waals surface area contributed by atoms with Gasteiger partial charge in [-0.2, -0.15) is 13.2 Å². The first kappa shape index (κ1) is 22.0. The van der Waals surface area contributed by atoms with E-state index in [1.54, 1.807) is 6.20 Å². The Balaban J connectivity index is 1.40. The Labute approximate surface area is 184 Å². The molecule has 3 heterocycles. The first-order valence-electron chi connectivity index (χ1n) is 10.5. The first-order chi connectivity index (χ1) is 15.3. The van der Waals surface area contributed by atoms with Gasteiger partial charge in [0.2, 0.25) is 5.91 Å². The van der Waals surface area contributed by atoms with Crippen molar-refractivity contribution in [1.29, 1.82) is 0 Å². The summed E-state index contributed by atoms with van der Waals surface area (Å²) in [6.45, 7) is 4.42. The molecule has 0 aliphatic carbocycles. The number of benzene rings is 1. The van der Waals surface area contributed by atoms with Gasteiger partial charge in [-0.15, -0.1) is 0 Å². The number of halogens is 3. The van der Waals surface area contributed by atoms with E-state index < -0.39 is 11.7 Å². The van der Waals surface area contributed by atoms with Gasteiger partial charge in [-0.1, -0.05) is 6.07 Å². The van der Waals surface area contributed by atoms with Crippen LogP contribution in [0.25, 0.3) is 10.9 Å². The molecule has 1 atom stereocenters. The number of rotatable bonds is 4. The van der Waals surface area contributed by atoms with Crippen LogP contribution in [-0.2, 0) is 11.0 Å². The molecule has 1 N–H and O–H groups in total. The van der Waals surface area contributed by atoms with Gasteiger partial charge in [0.05, 0.1) is 22.8 Å². The van der Waals surface area contributed by atoms with Gasteiger partial charge < -0.3 is 10.2 Å². The van der Waals surface area contributed by atoms with Crippen LogP contribution in [-0.4, -0.2) is 53.0 Å². The number of hydrogen-bond donors (Lipinski definition) is 1. The third-order valence-corrected chi connectivity index (χ3v) is 5.76. The van der Waals surface area contributed by atoms with Gasteiger partial charge >= 0.3 is 6.18 Å². The zero-order valence-corrected chi connectivity index (χ0v) is 17.6. The molecule has 0 bridgehead atoms. The average molecular weight is 443 g/mol. The Morgan fingerprint density at radius 3 is 2.62 bits per heavy atom. The molecule has 3 aromatic rings. The van der Waals surface area contributed by atoms with Crippen molar-refractivity contribution < 1.29 is 18.0 Å². The second-order valence-electron chi connectivity index (χ2n) is 7.82. The van der Waals surface area contributed by atoms with Crippen LogP contribution in [0.5, 0.6) is 0 Å². The molecule has 1 aromatic carbocycles. The molecule has 1 aliphatic heterocycles. The Morgan fingerprint density at radius 2 is 1.88 bits per heavy atom. The molecule has 0 spiro atoms. The van der Waals surface area contributed by atoms with E-state index in [4.69, 9.17) is 0 Å². The quantitative estimate of drug-likeness (QED) is 0.655. The Kier molecular flexibility index (Phi) is 6.27. The molecule has 0 radical (unpaired) electrons. The summed E-state index contributed by atoms with van der Waals surface area (Å²) in [5.41, 5.74) is 0.775. The Hall–Kier alpha value is -3.20. The number of pyridine rings is 2. The SMILES string of the molecule is C[C@@H](C(=O)Nc1cccc2ncccc12)N1CCCN(c2ccc(C(F)(F)F)cn2)CC1. The van der Waals surface area contributed by atoms with Crippen LogP contribution in [0.15, 0.2) is 54.9 Å². The Morgan fingerprint density at radius 1 is 1.03 bits per heavy atom. The van der Waals surface area contributed by atoms with Crippen molar-refractivity contribution in [3.05, 3.63) is 60.4 Å². The van der Waals surface area contributed by atoms with E-state index in [0.717, 1.165) is 35.3 Å². The van der Waals surface area contributed by atoms with Crippen LogP contribution in [0.1, 0.15) is 18.9 Å². The highest BCUT2D eigenvalue weighted by Gasteiger charge is 2.31. The smallest absolute Gasteiger partial charge is 0.355 e. The lowest BCUT2D eigenvalue weighted by Gasteiger charge is -2.27. The fourth-order valence-corrected chi connectivity index (χ4v) is 3.91. The van der Waals surface area contributed by atoms with Crippen molar-refractivity contribution in [3.63, 3.8) is 0 Å². The van der Waals surface area contributed by atoms with Gasteiger partial charge in [0.25, 0.3) is 0 Å². The lowest BCUT2D eigenvalue weighted by atomic mass is 10.1. The molecule has 6 nitrogen and oxygen atoms in total. The largest absolute Gasteiger partial charge is 0.417 e. The first-order valence-corrected chi connectivity index (χ1v) is 10.5. The molecule has 1 saturated heterocycles. The minimum atomic E-state index is -4.40. The third-order valence-electron chi connectivity index (χ3n) is 5.76. The van der Waals surface area contributed by atoms with Crippen molar-refractivity contribution in [3.8, 4) is 0 Å². The number of aromatic nitrogens is 2. The minimum absolute atomic E-state index is 0.109. The molecule has 32 heavy (non-hydrogen) atoms. The van der Waals surface area contributed by atoms with Gasteiger partial charge in [-0.25, -0.2) is 4.98 Å². The van der Waals surface area contributed by atoms with Crippen LogP contribution in [0.4, 0.5) is 24.7 Å². The predicted octanol–water partition coefficient (Wildman–Crippen LogP) is 4.19. The maximum Gasteiger partial charge on any atom is 0.417 e. The molecular formula is C23H24F3N5O. The monoisotopic (exact) mass is 443 g/mol. The van der Waals surface area contributed by atoms with Crippen LogP contribution in [0, 0.1) is 0 Å². The number of carbonyl (C=O) groups excluding carboxylic acids is 1. The fourth-order valence-electron chi connectivity index (χ4n) is 3.91. The molecule has 9 heteroatoms. The van der Waals surface area contributed by atoms with E-state index in [1.165, 1.54) is 6.07 Å². The summed E-state index contributed by atoms with van der Waals surface area (Å²) in [6.07, 6.45) is -1.04. The van der Waals surface area contributed by atoms with Crippen molar-refractivity contribution in [1.82, 2.24) is 14.9 Å². The van der Waals surface area contributed by atoms with Crippen molar-refractivity contribution in [2.45, 2.75) is 25.6 Å². The Bertz CT molecular complexity index is 1080. The van der Waals surface area contributed by atoms with Crippen molar-refractivity contribution >= 4 is 28.3 Å². The second-order valence-corrected chi connectivity index (χ2v) is 7.82. The second kappa shape index (κ2) is 9.12. The lowest BCUT2D eigenvalue weighted by Crippen LogP contribution is -2.44. The number of hydrogen-bond acceptors (Lipinski definition) is 5. The van der Waals surface area contributed by atoms with E-state index in [9.17, 15) is 18.0 Å². The number of amides is 1. The summed E-state index contributed by atoms with van der Waals surface area (Å²) in [5, 5.41) is 3.89. The zero-order chi connectivity index (χ0) is 22.7. The van der Waals surface area contributed by atoms with Crippen LogP contribution in [0.2, 0.25) is 0 Å². The van der Waals surface area contributed by atoms with Crippen LogP contribution >= 0.6 is 0 Å². The van der Waals surface area contributed by atoms with Crippen LogP contribution < -0.4 is 10.2 Å². The van der Waals surface area contributed by atoms with Gasteiger partial charge in [0, 0.05) is 44.0 Å². The lowest BCUT2D eigenvalue weighted by molar-refractivity contribution is -0.137. The molecule has 1 aliphatic rings. The molecule has 168 valence electrons. The minimum Gasteiger partial charge on any atom is -0.355 e. The molecule has 2 aromatic heterocycles. The van der Waals surface area contributed by atoms with E-state index in [1.807, 2.05) is 42.2 Å². The molecule has 4 rings (SSSR count). The maximum atomic E-state index is 12.9. The van der Waals surface area contributed by atoms with Crippen molar-refractivity contribution in [2.75, 3.05) is 36.4 Å². The number of alkyl halides is 3. The highest BCUT2D eigenvalue weighted by Crippen LogP contribution is 2.29. The van der Waals surface area contributed by atoms with Gasteiger partial charge in [-0.05, 0) is 49.7 Å². The van der Waals surface area contributed by atoms with E-state index in [0.29, 0.717) is 32.0 Å². The van der Waals surface area contributed by atoms with Gasteiger partial charge in [-0.3, -0.25) is 14.7 Å². The average Bonchev–Trinajstić information content (AvgIpc) is 3.05. The fraction of sp³-hybridized carbons (Fsp3) is 0.348. The van der Waals surface area contributed by atoms with Crippen LogP contribution in [0.3, 0.4) is 0 Å². The number of nitrogens with zero attached hydrogens (tertiary/aromatic N) is 4. The summed E-state index contributed by atoms with van der Waals surface area (Å²) in [5.74, 6) is 0.405. The van der Waals surface area contributed by atoms with E-state index in [2.05, 4.69) is 20.2 Å². The highest BCUT2D eigenvalue weighted by atomic mass is 19.4. The predicted molar refractivity (Wildman–Crippen MR) is 117 cm³/mol. The molecule has 0 unspecified atom stereocenters. The standard InChI is InChI=1S/C23H24F3N5O/c1-16(22(32)29-20-7-2-6-19-18(20)5-3-10-27-19)30-11-4-12-31(14-13-30)21-9-8-17(15-28-21)23(24,25)26/h2-3,5-10,15-16H,4,11-14H2,1H3,(H,29,32)/t16-/m0/s1. The summed E-state index contributed by atoms with van der Waals surface area (Å²) in [6, 6.07) is 11.5. The third kappa shape index (κ3) is 4.83. The maximum absolute atomic E-state index is 12.9. The van der Waals surface area contributed by atoms with E-state index >= 15 is 0 Å². The molecule has 1 amide bonds. The normalized spacial score (nSPS) is 16.6. The highest BCUT2D eigenvalue weighted by molar-refractivity contribution is 6.02. The summed E-state index contributed by atoms with van der Waals surface area (Å²) < 4.78 is 38.4. The molecule has 1 fully saturated rings. The topological polar surface area (TPSA) is 61.4 Å². The molecular weight excluding hydrogens is 419 g/mol. The molecule has 0 saturated carbocycles. The van der Waals surface area contributed by atoms with Gasteiger partial charge in [0.15, 0.2) is 0 Å². The number of nitrogens with one attached hydrogen (secondary N) is 1.